The Morgan fingerprint density at radius 2 is 1.95 bits per heavy atom. The quantitative estimate of drug-likeness (QED) is 0.693. The van der Waals surface area contributed by atoms with Crippen LogP contribution < -0.4 is 0 Å². The molecule has 1 aromatic heterocycles. The molecule has 3 aromatic rings. The molecule has 1 heterocycles. The number of H-pyrrole nitrogens is 1. The first-order valence-corrected chi connectivity index (χ1v) is 7.37. The van der Waals surface area contributed by atoms with Gasteiger partial charge >= 0.3 is 0 Å². The summed E-state index contributed by atoms with van der Waals surface area (Å²) in [5, 5.41) is 2.28. The summed E-state index contributed by atoms with van der Waals surface area (Å²) in [5.41, 5.74) is 1.80. The van der Waals surface area contributed by atoms with E-state index < -0.39 is 0 Å². The van der Waals surface area contributed by atoms with Crippen molar-refractivity contribution in [3.63, 3.8) is 0 Å². The molecule has 1 N–H and O–H groups in total. The Hall–Kier alpha value is -1.52. The number of carbonyl (C=O) groups excluding carboxylic acids is 1. The van der Waals surface area contributed by atoms with Crippen LogP contribution in [0.2, 0.25) is 0 Å². The molecule has 0 amide bonds. The van der Waals surface area contributed by atoms with Gasteiger partial charge < -0.3 is 4.98 Å². The van der Waals surface area contributed by atoms with Crippen molar-refractivity contribution in [2.24, 2.45) is 0 Å². The molecule has 2 aromatic carbocycles. The van der Waals surface area contributed by atoms with Crippen molar-refractivity contribution in [2.45, 2.75) is 9.92 Å². The largest absolute Gasteiger partial charge is 0.349 e. The number of hydrogen-bond donors (Lipinski definition) is 1. The zero-order valence-corrected chi connectivity index (χ0v) is 12.3. The van der Waals surface area contributed by atoms with Gasteiger partial charge in [-0.2, -0.15) is 0 Å². The fraction of sp³-hybridized carbons (Fsp3) is 0. The molecule has 3 rings (SSSR count). The van der Waals surface area contributed by atoms with Crippen molar-refractivity contribution in [3.8, 4) is 0 Å². The normalized spacial score (nSPS) is 10.8. The minimum atomic E-state index is 0.674. The summed E-state index contributed by atoms with van der Waals surface area (Å²) in [6.07, 6.45) is 0.849. The smallest absolute Gasteiger partial charge is 0.150 e. The summed E-state index contributed by atoms with van der Waals surface area (Å²) < 4.78 is 0.931. The molecule has 94 valence electrons. The van der Waals surface area contributed by atoms with E-state index in [-0.39, 0.29) is 0 Å². The van der Waals surface area contributed by atoms with E-state index in [9.17, 15) is 4.79 Å². The molecular weight excluding hydrogens is 322 g/mol. The minimum Gasteiger partial charge on any atom is -0.349 e. The highest BCUT2D eigenvalue weighted by atomic mass is 79.9. The second kappa shape index (κ2) is 5.23. The van der Waals surface area contributed by atoms with Crippen LogP contribution in [0.5, 0.6) is 0 Å². The molecule has 0 saturated heterocycles. The molecule has 0 atom stereocenters. The van der Waals surface area contributed by atoms with E-state index in [2.05, 4.69) is 39.1 Å². The van der Waals surface area contributed by atoms with Gasteiger partial charge in [-0.05, 0) is 40.2 Å². The number of halogens is 1. The van der Waals surface area contributed by atoms with Crippen molar-refractivity contribution in [3.05, 3.63) is 58.6 Å². The highest BCUT2D eigenvalue weighted by molar-refractivity contribution is 9.10. The highest BCUT2D eigenvalue weighted by Gasteiger charge is 2.06. The van der Waals surface area contributed by atoms with Gasteiger partial charge in [-0.3, -0.25) is 4.79 Å². The van der Waals surface area contributed by atoms with Crippen LogP contribution in [0.4, 0.5) is 0 Å². The molecule has 0 aliphatic carbocycles. The van der Waals surface area contributed by atoms with Crippen LogP contribution in [0.25, 0.3) is 10.9 Å². The molecule has 0 aliphatic rings. The second-order valence-electron chi connectivity index (χ2n) is 4.13. The Balaban J connectivity index is 1.94. The van der Waals surface area contributed by atoms with Crippen molar-refractivity contribution in [1.29, 1.82) is 0 Å². The van der Waals surface area contributed by atoms with E-state index >= 15 is 0 Å². The van der Waals surface area contributed by atoms with Gasteiger partial charge in [-0.15, -0.1) is 0 Å². The Morgan fingerprint density at radius 3 is 2.68 bits per heavy atom. The van der Waals surface area contributed by atoms with Gasteiger partial charge in [-0.1, -0.05) is 36.0 Å². The number of fused-ring (bicyclic) bond motifs is 1. The summed E-state index contributed by atoms with van der Waals surface area (Å²) in [6, 6.07) is 15.9. The van der Waals surface area contributed by atoms with Crippen molar-refractivity contribution < 1.29 is 4.79 Å². The lowest BCUT2D eigenvalue weighted by Gasteiger charge is -2.02. The first-order chi connectivity index (χ1) is 9.26. The molecule has 4 heteroatoms. The van der Waals surface area contributed by atoms with Gasteiger partial charge in [0.2, 0.25) is 0 Å². The lowest BCUT2D eigenvalue weighted by Crippen LogP contribution is -1.82. The zero-order valence-electron chi connectivity index (χ0n) is 9.89. The average Bonchev–Trinajstić information content (AvgIpc) is 2.83. The molecular formula is C15H10BrNOS. The lowest BCUT2D eigenvalue weighted by molar-refractivity contribution is 0.112. The van der Waals surface area contributed by atoms with E-state index in [1.807, 2.05) is 30.3 Å². The molecule has 0 unspecified atom stereocenters. The summed E-state index contributed by atoms with van der Waals surface area (Å²) in [5.74, 6) is 0. The van der Waals surface area contributed by atoms with Gasteiger partial charge in [0.25, 0.3) is 0 Å². The number of rotatable bonds is 3. The van der Waals surface area contributed by atoms with Gasteiger partial charge in [-0.25, -0.2) is 0 Å². The van der Waals surface area contributed by atoms with Crippen LogP contribution in [-0.4, -0.2) is 11.3 Å². The third-order valence-electron chi connectivity index (χ3n) is 2.82. The maximum Gasteiger partial charge on any atom is 0.150 e. The first-order valence-electron chi connectivity index (χ1n) is 5.76. The van der Waals surface area contributed by atoms with Crippen molar-refractivity contribution >= 4 is 44.9 Å². The monoisotopic (exact) mass is 331 g/mol. The number of aromatic amines is 1. The van der Waals surface area contributed by atoms with E-state index in [1.165, 1.54) is 5.39 Å². The van der Waals surface area contributed by atoms with E-state index in [0.29, 0.717) is 5.56 Å². The topological polar surface area (TPSA) is 32.9 Å². The fourth-order valence-corrected chi connectivity index (χ4v) is 3.41. The summed E-state index contributed by atoms with van der Waals surface area (Å²) >= 11 is 5.14. The summed E-state index contributed by atoms with van der Waals surface area (Å²) in [6.45, 7) is 0. The lowest BCUT2D eigenvalue weighted by atomic mass is 10.2. The number of hydrogen-bond acceptors (Lipinski definition) is 2. The maximum atomic E-state index is 10.7. The average molecular weight is 332 g/mol. The fourth-order valence-electron chi connectivity index (χ4n) is 1.89. The predicted octanol–water partition coefficient (Wildman–Crippen LogP) is 4.89. The van der Waals surface area contributed by atoms with E-state index in [0.717, 1.165) is 26.2 Å². The Labute approximate surface area is 123 Å². The molecule has 0 bridgehead atoms. The van der Waals surface area contributed by atoms with Gasteiger partial charge in [0.15, 0.2) is 0 Å². The Kier molecular flexibility index (Phi) is 3.44. The van der Waals surface area contributed by atoms with Gasteiger partial charge in [0.1, 0.15) is 6.29 Å². The third kappa shape index (κ3) is 2.60. The second-order valence-corrected chi connectivity index (χ2v) is 6.07. The molecule has 2 nitrogen and oxygen atoms in total. The molecule has 0 fully saturated rings. The van der Waals surface area contributed by atoms with E-state index in [1.54, 1.807) is 11.8 Å². The number of benzene rings is 2. The van der Waals surface area contributed by atoms with Crippen LogP contribution in [0, 0.1) is 0 Å². The SMILES string of the molecule is O=Cc1ccc(Sc2cc3ccccc3[nH]2)c(Br)c1. The van der Waals surface area contributed by atoms with Gasteiger partial charge in [0.05, 0.1) is 5.03 Å². The third-order valence-corrected chi connectivity index (χ3v) is 4.75. The number of para-hydroxylation sites is 1. The van der Waals surface area contributed by atoms with Crippen LogP contribution in [0.3, 0.4) is 0 Å². The zero-order chi connectivity index (χ0) is 13.2. The number of aromatic nitrogens is 1. The number of nitrogens with one attached hydrogen (secondary N) is 1. The van der Waals surface area contributed by atoms with Gasteiger partial charge in [0, 0.05) is 25.8 Å². The summed E-state index contributed by atoms with van der Waals surface area (Å²) in [7, 11) is 0. The Bertz CT molecular complexity index is 718. The number of aldehydes is 1. The Morgan fingerprint density at radius 1 is 1.11 bits per heavy atom. The molecule has 0 saturated carbocycles. The molecule has 19 heavy (non-hydrogen) atoms. The summed E-state index contributed by atoms with van der Waals surface area (Å²) in [4.78, 5) is 15.2. The van der Waals surface area contributed by atoms with E-state index in [4.69, 9.17) is 0 Å². The van der Waals surface area contributed by atoms with Crippen LogP contribution in [0.1, 0.15) is 10.4 Å². The minimum absolute atomic E-state index is 0.674. The number of carbonyl (C=O) groups is 1. The predicted molar refractivity (Wildman–Crippen MR) is 82.0 cm³/mol. The van der Waals surface area contributed by atoms with Crippen LogP contribution in [0.15, 0.2) is 62.9 Å². The molecule has 0 aliphatic heterocycles. The van der Waals surface area contributed by atoms with Crippen LogP contribution in [-0.2, 0) is 0 Å². The first kappa shape index (κ1) is 12.5. The maximum absolute atomic E-state index is 10.7. The highest BCUT2D eigenvalue weighted by Crippen LogP contribution is 2.34. The van der Waals surface area contributed by atoms with Crippen molar-refractivity contribution in [1.82, 2.24) is 4.98 Å². The van der Waals surface area contributed by atoms with Crippen LogP contribution >= 0.6 is 27.7 Å². The molecule has 0 spiro atoms. The standard InChI is InChI=1S/C15H10BrNOS/c16-12-7-10(9-18)5-6-14(12)19-15-8-11-3-1-2-4-13(11)17-15/h1-9,17H. The molecule has 0 radical (unpaired) electrons. The van der Waals surface area contributed by atoms with Crippen molar-refractivity contribution in [2.75, 3.05) is 0 Å².